The van der Waals surface area contributed by atoms with Gasteiger partial charge in [-0.1, -0.05) is 0 Å². The van der Waals surface area contributed by atoms with E-state index in [9.17, 15) is 0 Å². The molecule has 4 rings (SSSR count). The Morgan fingerprint density at radius 3 is 2.76 bits per heavy atom. The highest BCUT2D eigenvalue weighted by molar-refractivity contribution is 7.19. The Morgan fingerprint density at radius 1 is 1.14 bits per heavy atom. The Kier molecular flexibility index (Phi) is 3.19. The van der Waals surface area contributed by atoms with Gasteiger partial charge in [0.1, 0.15) is 10.6 Å². The first-order valence-electron chi connectivity index (χ1n) is 7.31. The summed E-state index contributed by atoms with van der Waals surface area (Å²) in [6.45, 7) is 2.12. The van der Waals surface area contributed by atoms with Crippen molar-refractivity contribution < 1.29 is 0 Å². The third-order valence-corrected chi connectivity index (χ3v) is 6.20. The molecule has 0 atom stereocenters. The van der Waals surface area contributed by atoms with E-state index in [2.05, 4.69) is 23.0 Å². The lowest BCUT2D eigenvalue weighted by molar-refractivity contribution is 0.700. The Bertz CT molecular complexity index is 816. The van der Waals surface area contributed by atoms with Crippen molar-refractivity contribution in [1.82, 2.24) is 9.97 Å². The first kappa shape index (κ1) is 13.2. The number of nitrogens with zero attached hydrogens (tertiary/aromatic N) is 2. The number of nitrogens with one attached hydrogen (secondary N) is 1. The van der Waals surface area contributed by atoms with Crippen LogP contribution in [0, 0.1) is 6.92 Å². The van der Waals surface area contributed by atoms with Crippen LogP contribution in [0.3, 0.4) is 0 Å². The number of rotatable bonds is 2. The lowest BCUT2D eigenvalue weighted by Gasteiger charge is -2.12. The lowest BCUT2D eigenvalue weighted by Crippen LogP contribution is -2.02. The van der Waals surface area contributed by atoms with E-state index in [4.69, 9.17) is 9.97 Å². The molecule has 3 aromatic rings. The van der Waals surface area contributed by atoms with Crippen LogP contribution in [-0.4, -0.2) is 17.0 Å². The number of fused-ring (bicyclic) bond motifs is 3. The topological polar surface area (TPSA) is 37.8 Å². The standard InChI is InChI=1S/C16H17N3S2/c1-9-7-20-8-11(9)14-18-15(17-2)13-10-5-3-4-6-12(10)21-16(13)19-14/h7-8H,3-6H2,1-2H3,(H,17,18,19). The quantitative estimate of drug-likeness (QED) is 0.748. The number of aromatic nitrogens is 2. The highest BCUT2D eigenvalue weighted by Gasteiger charge is 2.21. The van der Waals surface area contributed by atoms with Gasteiger partial charge in [0.2, 0.25) is 0 Å². The molecule has 0 unspecified atom stereocenters. The van der Waals surface area contributed by atoms with Gasteiger partial charge in [-0.25, -0.2) is 9.97 Å². The van der Waals surface area contributed by atoms with E-state index < -0.39 is 0 Å². The van der Waals surface area contributed by atoms with E-state index in [1.807, 2.05) is 18.4 Å². The fraction of sp³-hybridized carbons (Fsp3) is 0.375. The van der Waals surface area contributed by atoms with Gasteiger partial charge in [0, 0.05) is 22.9 Å². The molecule has 3 heterocycles. The molecule has 0 aliphatic heterocycles. The van der Waals surface area contributed by atoms with Gasteiger partial charge in [0.25, 0.3) is 0 Å². The van der Waals surface area contributed by atoms with Crippen LogP contribution in [0.25, 0.3) is 21.6 Å². The summed E-state index contributed by atoms with van der Waals surface area (Å²) in [6.07, 6.45) is 4.96. The van der Waals surface area contributed by atoms with E-state index in [0.29, 0.717) is 0 Å². The molecule has 0 fully saturated rings. The number of aryl methyl sites for hydroxylation is 3. The SMILES string of the molecule is CNc1nc(-c2cscc2C)nc2sc3c(c12)CCCC3. The second kappa shape index (κ2) is 5.07. The van der Waals surface area contributed by atoms with Crippen molar-refractivity contribution >= 4 is 38.7 Å². The molecular weight excluding hydrogens is 298 g/mol. The molecule has 3 nitrogen and oxygen atoms in total. The van der Waals surface area contributed by atoms with Crippen LogP contribution in [-0.2, 0) is 12.8 Å². The van der Waals surface area contributed by atoms with Crippen LogP contribution < -0.4 is 5.32 Å². The fourth-order valence-electron chi connectivity index (χ4n) is 3.05. The first-order valence-corrected chi connectivity index (χ1v) is 9.07. The zero-order valence-corrected chi connectivity index (χ0v) is 13.8. The van der Waals surface area contributed by atoms with E-state index in [-0.39, 0.29) is 0 Å². The predicted octanol–water partition coefficient (Wildman–Crippen LogP) is 4.65. The molecule has 5 heteroatoms. The van der Waals surface area contributed by atoms with Gasteiger partial charge >= 0.3 is 0 Å². The molecule has 0 amide bonds. The normalized spacial score (nSPS) is 14.4. The lowest BCUT2D eigenvalue weighted by atomic mass is 9.97. The summed E-state index contributed by atoms with van der Waals surface area (Å²) < 4.78 is 0. The van der Waals surface area contributed by atoms with E-state index in [1.54, 1.807) is 11.3 Å². The third-order valence-electron chi connectivity index (χ3n) is 4.15. The van der Waals surface area contributed by atoms with Gasteiger partial charge in [-0.05, 0) is 49.1 Å². The second-order valence-electron chi connectivity index (χ2n) is 5.51. The van der Waals surface area contributed by atoms with Gasteiger partial charge in [0.15, 0.2) is 5.82 Å². The molecular formula is C16H17N3S2. The second-order valence-corrected chi connectivity index (χ2v) is 7.33. The summed E-state index contributed by atoms with van der Waals surface area (Å²) in [4.78, 5) is 12.3. The van der Waals surface area contributed by atoms with Crippen molar-refractivity contribution in [2.24, 2.45) is 0 Å². The largest absolute Gasteiger partial charge is 0.372 e. The van der Waals surface area contributed by atoms with Gasteiger partial charge in [-0.15, -0.1) is 11.3 Å². The number of hydrogen-bond donors (Lipinski definition) is 1. The Labute approximate surface area is 132 Å². The summed E-state index contributed by atoms with van der Waals surface area (Å²) >= 11 is 3.57. The minimum Gasteiger partial charge on any atom is -0.372 e. The number of hydrogen-bond acceptors (Lipinski definition) is 5. The molecule has 0 saturated heterocycles. The summed E-state index contributed by atoms with van der Waals surface area (Å²) in [7, 11) is 1.96. The van der Waals surface area contributed by atoms with Crippen LogP contribution in [0.4, 0.5) is 5.82 Å². The zero-order chi connectivity index (χ0) is 14.4. The molecule has 0 saturated carbocycles. The average Bonchev–Trinajstić information content (AvgIpc) is 3.09. The van der Waals surface area contributed by atoms with Gasteiger partial charge in [0.05, 0.1) is 5.39 Å². The first-order chi connectivity index (χ1) is 10.3. The molecule has 1 aliphatic rings. The maximum Gasteiger partial charge on any atom is 0.164 e. The molecule has 0 radical (unpaired) electrons. The highest BCUT2D eigenvalue weighted by Crippen LogP contribution is 2.39. The van der Waals surface area contributed by atoms with E-state index >= 15 is 0 Å². The molecule has 0 bridgehead atoms. The maximum absolute atomic E-state index is 4.87. The van der Waals surface area contributed by atoms with E-state index in [0.717, 1.165) is 22.0 Å². The van der Waals surface area contributed by atoms with Crippen LogP contribution in [0.1, 0.15) is 28.8 Å². The van der Waals surface area contributed by atoms with Crippen molar-refractivity contribution in [2.75, 3.05) is 12.4 Å². The zero-order valence-electron chi connectivity index (χ0n) is 12.2. The maximum atomic E-state index is 4.87. The molecule has 3 aromatic heterocycles. The van der Waals surface area contributed by atoms with Crippen molar-refractivity contribution in [1.29, 1.82) is 0 Å². The molecule has 21 heavy (non-hydrogen) atoms. The Hall–Kier alpha value is -1.46. The summed E-state index contributed by atoms with van der Waals surface area (Å²) in [5.41, 5.74) is 3.90. The molecule has 0 spiro atoms. The van der Waals surface area contributed by atoms with E-state index in [1.165, 1.54) is 47.1 Å². The Morgan fingerprint density at radius 2 is 2.00 bits per heavy atom. The number of anilines is 1. The van der Waals surface area contributed by atoms with Gasteiger partial charge < -0.3 is 5.32 Å². The number of thiophene rings is 2. The van der Waals surface area contributed by atoms with Gasteiger partial charge in [-0.3, -0.25) is 0 Å². The minimum absolute atomic E-state index is 0.851. The smallest absolute Gasteiger partial charge is 0.164 e. The summed E-state index contributed by atoms with van der Waals surface area (Å²) in [5, 5.41) is 8.84. The fourth-order valence-corrected chi connectivity index (χ4v) is 5.14. The average molecular weight is 315 g/mol. The van der Waals surface area contributed by atoms with Crippen LogP contribution in [0.2, 0.25) is 0 Å². The Balaban J connectivity index is 1.98. The van der Waals surface area contributed by atoms with Crippen molar-refractivity contribution in [3.8, 4) is 11.4 Å². The van der Waals surface area contributed by atoms with Crippen LogP contribution >= 0.6 is 22.7 Å². The van der Waals surface area contributed by atoms with Crippen molar-refractivity contribution in [3.05, 3.63) is 26.8 Å². The molecule has 108 valence electrons. The predicted molar refractivity (Wildman–Crippen MR) is 91.7 cm³/mol. The summed E-state index contributed by atoms with van der Waals surface area (Å²) in [5.74, 6) is 1.84. The van der Waals surface area contributed by atoms with Crippen LogP contribution in [0.15, 0.2) is 10.8 Å². The summed E-state index contributed by atoms with van der Waals surface area (Å²) in [6, 6.07) is 0. The van der Waals surface area contributed by atoms with Crippen molar-refractivity contribution in [3.63, 3.8) is 0 Å². The highest BCUT2D eigenvalue weighted by atomic mass is 32.1. The third kappa shape index (κ3) is 2.07. The van der Waals surface area contributed by atoms with Crippen LogP contribution in [0.5, 0.6) is 0 Å². The monoisotopic (exact) mass is 315 g/mol. The van der Waals surface area contributed by atoms with Gasteiger partial charge in [-0.2, -0.15) is 11.3 Å². The minimum atomic E-state index is 0.851. The molecule has 1 N–H and O–H groups in total. The molecule has 1 aliphatic carbocycles. The molecule has 0 aromatic carbocycles. The van der Waals surface area contributed by atoms with Crippen molar-refractivity contribution in [2.45, 2.75) is 32.6 Å².